The summed E-state index contributed by atoms with van der Waals surface area (Å²) in [5.74, 6) is 0.360. The van der Waals surface area contributed by atoms with Crippen LogP contribution in [0.25, 0.3) is 0 Å². The summed E-state index contributed by atoms with van der Waals surface area (Å²) in [5.41, 5.74) is 1.24. The number of rotatable bonds is 9. The van der Waals surface area contributed by atoms with Crippen molar-refractivity contribution in [1.29, 1.82) is 0 Å². The Morgan fingerprint density at radius 2 is 1.61 bits per heavy atom. The number of carbonyl (C=O) groups excluding carboxylic acids is 2. The van der Waals surface area contributed by atoms with Gasteiger partial charge in [-0.1, -0.05) is 18.7 Å². The van der Waals surface area contributed by atoms with Gasteiger partial charge in [0.15, 0.2) is 0 Å². The number of ether oxygens (including phenoxy) is 4. The van der Waals surface area contributed by atoms with Crippen LogP contribution < -0.4 is 4.74 Å². The van der Waals surface area contributed by atoms with E-state index >= 15 is 0 Å². The molecule has 1 N–H and O–H groups in total. The lowest BCUT2D eigenvalue weighted by Gasteiger charge is -2.13. The van der Waals surface area contributed by atoms with E-state index in [4.69, 9.17) is 18.9 Å². The van der Waals surface area contributed by atoms with Gasteiger partial charge in [0, 0.05) is 12.0 Å². The molecule has 0 radical (unpaired) electrons. The second-order valence-electron chi connectivity index (χ2n) is 7.19. The summed E-state index contributed by atoms with van der Waals surface area (Å²) in [6.07, 6.45) is 0.152. The van der Waals surface area contributed by atoms with E-state index in [0.717, 1.165) is 5.56 Å². The van der Waals surface area contributed by atoms with Gasteiger partial charge in [-0.2, -0.15) is 0 Å². The first-order chi connectivity index (χ1) is 14.8. The third-order valence-corrected chi connectivity index (χ3v) is 4.45. The summed E-state index contributed by atoms with van der Waals surface area (Å²) in [4.78, 5) is 24.4. The number of phenols is 1. The van der Waals surface area contributed by atoms with Gasteiger partial charge in [-0.3, -0.25) is 0 Å². The molecule has 1 aliphatic rings. The van der Waals surface area contributed by atoms with Gasteiger partial charge in [0.25, 0.3) is 0 Å². The fourth-order valence-electron chi connectivity index (χ4n) is 2.51. The highest BCUT2D eigenvalue weighted by Gasteiger charge is 2.25. The van der Waals surface area contributed by atoms with Gasteiger partial charge in [0.1, 0.15) is 35.7 Å². The molecule has 0 aliphatic carbocycles. The first-order valence-electron chi connectivity index (χ1n) is 9.74. The van der Waals surface area contributed by atoms with E-state index in [0.29, 0.717) is 18.1 Å². The number of epoxide rings is 1. The largest absolute Gasteiger partial charge is 0.508 e. The summed E-state index contributed by atoms with van der Waals surface area (Å²) in [6.45, 7) is 7.42. The minimum atomic E-state index is -0.611. The number of hydrogen-bond acceptors (Lipinski definition) is 7. The second kappa shape index (κ2) is 9.95. The van der Waals surface area contributed by atoms with Gasteiger partial charge >= 0.3 is 11.9 Å². The molecule has 0 bridgehead atoms. The molecule has 0 saturated carbocycles. The normalized spacial score (nSPS) is 15.5. The Kier molecular flexibility index (Phi) is 7.10. The van der Waals surface area contributed by atoms with Crippen molar-refractivity contribution >= 4 is 11.9 Å². The molecular formula is C24H24O7. The van der Waals surface area contributed by atoms with E-state index < -0.39 is 11.9 Å². The maximum Gasteiger partial charge on any atom is 0.338 e. The standard InChI is InChI=1S/C24H24O7/c1-15(2)23(26)31-22(16(3)24(27)29-14-21-13-28-21)12-17-4-8-19(9-5-17)30-20-10-6-18(25)7-11-20/h4-11,21,25H,1,12-14H2,2-3H3/b22-16-. The molecule has 31 heavy (non-hydrogen) atoms. The SMILES string of the molecule is C=C(C)C(=O)O/C(Cc1ccc(Oc2ccc(O)cc2)cc1)=C(/C)C(=O)OCC1CO1. The molecule has 1 fully saturated rings. The van der Waals surface area contributed by atoms with Gasteiger partial charge < -0.3 is 24.1 Å². The summed E-state index contributed by atoms with van der Waals surface area (Å²) >= 11 is 0. The summed E-state index contributed by atoms with van der Waals surface area (Å²) in [7, 11) is 0. The van der Waals surface area contributed by atoms with Crippen molar-refractivity contribution in [2.45, 2.75) is 26.4 Å². The second-order valence-corrected chi connectivity index (χ2v) is 7.19. The maximum atomic E-state index is 12.4. The first kappa shape index (κ1) is 22.1. The van der Waals surface area contributed by atoms with E-state index in [1.165, 1.54) is 19.1 Å². The Hall–Kier alpha value is -3.58. The van der Waals surface area contributed by atoms with Crippen molar-refractivity contribution in [3.63, 3.8) is 0 Å². The van der Waals surface area contributed by atoms with Crippen LogP contribution in [-0.4, -0.2) is 36.4 Å². The third kappa shape index (κ3) is 6.72. The number of esters is 2. The van der Waals surface area contributed by atoms with Crippen molar-refractivity contribution in [2.24, 2.45) is 0 Å². The Balaban J connectivity index is 1.72. The van der Waals surface area contributed by atoms with Crippen LogP contribution in [0.2, 0.25) is 0 Å². The fraction of sp³-hybridized carbons (Fsp3) is 0.250. The lowest BCUT2D eigenvalue weighted by Crippen LogP contribution is -2.16. The first-order valence-corrected chi connectivity index (χ1v) is 9.74. The van der Waals surface area contributed by atoms with Crippen LogP contribution >= 0.6 is 0 Å². The topological polar surface area (TPSA) is 94.6 Å². The van der Waals surface area contributed by atoms with Gasteiger partial charge in [-0.05, 0) is 55.8 Å². The van der Waals surface area contributed by atoms with Crippen molar-refractivity contribution in [3.05, 3.63) is 77.6 Å². The molecule has 2 aromatic carbocycles. The Bertz CT molecular complexity index is 984. The highest BCUT2D eigenvalue weighted by Crippen LogP contribution is 2.25. The minimum absolute atomic E-state index is 0.0562. The Morgan fingerprint density at radius 1 is 1.03 bits per heavy atom. The van der Waals surface area contributed by atoms with E-state index in [9.17, 15) is 14.7 Å². The third-order valence-electron chi connectivity index (χ3n) is 4.45. The van der Waals surface area contributed by atoms with Crippen LogP contribution in [-0.2, 0) is 30.2 Å². The van der Waals surface area contributed by atoms with E-state index in [1.54, 1.807) is 43.3 Å². The highest BCUT2D eigenvalue weighted by atomic mass is 16.6. The zero-order valence-corrected chi connectivity index (χ0v) is 17.4. The molecule has 7 nitrogen and oxygen atoms in total. The molecule has 162 valence electrons. The zero-order chi connectivity index (χ0) is 22.4. The average Bonchev–Trinajstić information content (AvgIpc) is 3.58. The zero-order valence-electron chi connectivity index (χ0n) is 17.4. The van der Waals surface area contributed by atoms with Gasteiger partial charge in [0.2, 0.25) is 0 Å². The minimum Gasteiger partial charge on any atom is -0.508 e. The number of phenolic OH excluding ortho intramolecular Hbond substituents is 1. The molecule has 0 amide bonds. The van der Waals surface area contributed by atoms with Crippen LogP contribution in [0.15, 0.2) is 72.0 Å². The molecule has 0 aromatic heterocycles. The molecule has 1 aliphatic heterocycles. The lowest BCUT2D eigenvalue weighted by molar-refractivity contribution is -0.140. The molecule has 1 heterocycles. The smallest absolute Gasteiger partial charge is 0.338 e. The molecule has 2 aromatic rings. The fourth-order valence-corrected chi connectivity index (χ4v) is 2.51. The van der Waals surface area contributed by atoms with Crippen molar-refractivity contribution in [3.8, 4) is 17.2 Å². The van der Waals surface area contributed by atoms with Gasteiger partial charge in [0.05, 0.1) is 12.2 Å². The average molecular weight is 424 g/mol. The highest BCUT2D eigenvalue weighted by molar-refractivity contribution is 5.91. The molecule has 1 unspecified atom stereocenters. The molecule has 7 heteroatoms. The van der Waals surface area contributed by atoms with Crippen molar-refractivity contribution < 1.29 is 33.6 Å². The van der Waals surface area contributed by atoms with Crippen LogP contribution in [0.4, 0.5) is 0 Å². The summed E-state index contributed by atoms with van der Waals surface area (Å²) < 4.78 is 21.4. The maximum absolute atomic E-state index is 12.4. The summed E-state index contributed by atoms with van der Waals surface area (Å²) in [6, 6.07) is 13.5. The van der Waals surface area contributed by atoms with Gasteiger partial charge in [-0.15, -0.1) is 0 Å². The van der Waals surface area contributed by atoms with Crippen LogP contribution in [0.1, 0.15) is 19.4 Å². The van der Waals surface area contributed by atoms with Crippen LogP contribution in [0.5, 0.6) is 17.2 Å². The van der Waals surface area contributed by atoms with E-state index in [2.05, 4.69) is 6.58 Å². The number of allylic oxidation sites excluding steroid dienone is 1. The quantitative estimate of drug-likeness (QED) is 0.281. The Morgan fingerprint density at radius 3 is 2.16 bits per heavy atom. The van der Waals surface area contributed by atoms with Crippen LogP contribution in [0.3, 0.4) is 0 Å². The number of carbonyl (C=O) groups is 2. The molecule has 1 saturated heterocycles. The van der Waals surface area contributed by atoms with Crippen LogP contribution in [0, 0.1) is 0 Å². The van der Waals surface area contributed by atoms with Crippen molar-refractivity contribution in [1.82, 2.24) is 0 Å². The van der Waals surface area contributed by atoms with E-state index in [-0.39, 0.29) is 41.8 Å². The monoisotopic (exact) mass is 424 g/mol. The molecular weight excluding hydrogens is 400 g/mol. The predicted octanol–water partition coefficient (Wildman–Crippen LogP) is 4.06. The number of aromatic hydroxyl groups is 1. The van der Waals surface area contributed by atoms with E-state index in [1.807, 2.05) is 0 Å². The van der Waals surface area contributed by atoms with Gasteiger partial charge in [-0.25, -0.2) is 9.59 Å². The number of hydrogen-bond donors (Lipinski definition) is 1. The predicted molar refractivity (Wildman–Crippen MR) is 113 cm³/mol. The number of benzene rings is 2. The Labute approximate surface area is 180 Å². The van der Waals surface area contributed by atoms with Crippen molar-refractivity contribution in [2.75, 3.05) is 13.2 Å². The summed E-state index contributed by atoms with van der Waals surface area (Å²) in [5, 5.41) is 9.35. The molecule has 1 atom stereocenters. The lowest BCUT2D eigenvalue weighted by atomic mass is 10.1. The molecule has 0 spiro atoms. The molecule has 3 rings (SSSR count).